The highest BCUT2D eigenvalue weighted by Crippen LogP contribution is 2.54. The van der Waals surface area contributed by atoms with Gasteiger partial charge in [-0.3, -0.25) is 14.8 Å². The Hall–Kier alpha value is -3.02. The van der Waals surface area contributed by atoms with Crippen LogP contribution in [0, 0.1) is 11.2 Å². The Bertz CT molecular complexity index is 1230. The van der Waals surface area contributed by atoms with E-state index in [2.05, 4.69) is 10.6 Å². The maximum Gasteiger partial charge on any atom is 0.265 e. The predicted molar refractivity (Wildman–Crippen MR) is 125 cm³/mol. The average molecular weight is 506 g/mol. The molecule has 1 saturated heterocycles. The lowest BCUT2D eigenvalue weighted by Gasteiger charge is -2.36. The van der Waals surface area contributed by atoms with Crippen LogP contribution in [0.15, 0.2) is 47.4 Å². The zero-order valence-corrected chi connectivity index (χ0v) is 20.1. The van der Waals surface area contributed by atoms with Crippen LogP contribution in [0.5, 0.6) is 11.5 Å². The van der Waals surface area contributed by atoms with E-state index in [4.69, 9.17) is 4.74 Å². The highest BCUT2D eigenvalue weighted by atomic mass is 32.2. The molecule has 0 bridgehead atoms. The molecule has 1 aliphatic carbocycles. The lowest BCUT2D eigenvalue weighted by atomic mass is 9.77. The Morgan fingerprint density at radius 2 is 1.74 bits per heavy atom. The van der Waals surface area contributed by atoms with Crippen molar-refractivity contribution in [2.45, 2.75) is 41.7 Å². The smallest absolute Gasteiger partial charge is 0.265 e. The third-order valence-corrected chi connectivity index (χ3v) is 9.65. The lowest BCUT2D eigenvalue weighted by Crippen LogP contribution is -2.51. The Labute approximate surface area is 202 Å². The van der Waals surface area contributed by atoms with Crippen molar-refractivity contribution in [1.29, 1.82) is 0 Å². The van der Waals surface area contributed by atoms with Gasteiger partial charge in [0.15, 0.2) is 26.2 Å². The van der Waals surface area contributed by atoms with E-state index < -0.39 is 32.2 Å². The summed E-state index contributed by atoms with van der Waals surface area (Å²) in [5.74, 6) is -2.07. The Balaban J connectivity index is 1.59. The second-order valence-electron chi connectivity index (χ2n) is 9.16. The third kappa shape index (κ3) is 4.51. The summed E-state index contributed by atoms with van der Waals surface area (Å²) in [6.45, 7) is 1.51. The predicted octanol–water partition coefficient (Wildman–Crippen LogP) is 2.55. The van der Waals surface area contributed by atoms with Crippen LogP contribution >= 0.6 is 0 Å². The Morgan fingerprint density at radius 3 is 2.34 bits per heavy atom. The van der Waals surface area contributed by atoms with E-state index in [9.17, 15) is 27.6 Å². The van der Waals surface area contributed by atoms with Crippen molar-refractivity contribution >= 4 is 21.7 Å². The van der Waals surface area contributed by atoms with Gasteiger partial charge in [-0.05, 0) is 93.1 Å². The van der Waals surface area contributed by atoms with Gasteiger partial charge < -0.3 is 15.4 Å². The number of rotatable bonds is 6. The molecule has 2 fully saturated rings. The molecule has 35 heavy (non-hydrogen) atoms. The molecular weight excluding hydrogens is 477 g/mol. The molecule has 11 heteroatoms. The first-order chi connectivity index (χ1) is 16.7. The van der Waals surface area contributed by atoms with Crippen LogP contribution in [-0.2, 0) is 14.6 Å². The van der Waals surface area contributed by atoms with E-state index in [1.807, 2.05) is 0 Å². The number of nitrogens with one attached hydrogen (secondary N) is 3. The summed E-state index contributed by atoms with van der Waals surface area (Å²) >= 11 is 0. The van der Waals surface area contributed by atoms with Gasteiger partial charge in [0.1, 0.15) is 5.75 Å². The van der Waals surface area contributed by atoms with Crippen LogP contribution in [0.2, 0.25) is 0 Å². The van der Waals surface area contributed by atoms with Gasteiger partial charge in [0, 0.05) is 12.6 Å². The van der Waals surface area contributed by atoms with Crippen molar-refractivity contribution in [3.05, 3.63) is 53.8 Å². The van der Waals surface area contributed by atoms with Crippen LogP contribution in [0.25, 0.3) is 0 Å². The van der Waals surface area contributed by atoms with E-state index in [1.165, 1.54) is 43.4 Å². The van der Waals surface area contributed by atoms with Crippen molar-refractivity contribution in [1.82, 2.24) is 16.1 Å². The zero-order chi connectivity index (χ0) is 25.3. The zero-order valence-electron chi connectivity index (χ0n) is 19.3. The molecule has 0 radical (unpaired) electrons. The third-order valence-electron chi connectivity index (χ3n) is 7.20. The molecule has 2 aliphatic rings. The average Bonchev–Trinajstić information content (AvgIpc) is 3.25. The first kappa shape index (κ1) is 25.1. The van der Waals surface area contributed by atoms with Crippen LogP contribution in [0.4, 0.5) is 4.39 Å². The standard InChI is InChI=1S/C24H28FN3O6S/c1-26-21(29)16-2-7-20(19(25)14-16)34-17-3-5-18(6-4-17)35(32,33)24(22(30)28-31)9-8-23(15-24)10-12-27-13-11-23/h2-7,14,27,31H,8-13,15H2,1H3,(H,26,29)(H,28,30). The lowest BCUT2D eigenvalue weighted by molar-refractivity contribution is -0.132. The highest BCUT2D eigenvalue weighted by Gasteiger charge is 2.60. The molecule has 2 aromatic carbocycles. The topological polar surface area (TPSA) is 134 Å². The quantitative estimate of drug-likeness (QED) is 0.350. The number of hydrogen-bond acceptors (Lipinski definition) is 7. The molecule has 188 valence electrons. The van der Waals surface area contributed by atoms with Crippen LogP contribution in [0.1, 0.15) is 42.5 Å². The number of hydrogen-bond donors (Lipinski definition) is 4. The second-order valence-corrected chi connectivity index (χ2v) is 11.4. The number of piperidine rings is 1. The summed E-state index contributed by atoms with van der Waals surface area (Å²) in [6, 6.07) is 9.12. The Kier molecular flexibility index (Phi) is 6.85. The fraction of sp³-hybridized carbons (Fsp3) is 0.417. The van der Waals surface area contributed by atoms with Crippen molar-refractivity contribution in [3.8, 4) is 11.5 Å². The van der Waals surface area contributed by atoms with Gasteiger partial charge in [-0.2, -0.15) is 0 Å². The number of hydroxylamine groups is 1. The molecule has 1 aliphatic heterocycles. The van der Waals surface area contributed by atoms with Gasteiger partial charge >= 0.3 is 0 Å². The molecule has 9 nitrogen and oxygen atoms in total. The molecule has 2 amide bonds. The summed E-state index contributed by atoms with van der Waals surface area (Å²) in [4.78, 5) is 24.3. The van der Waals surface area contributed by atoms with E-state index in [1.54, 1.807) is 5.48 Å². The number of amides is 2. The maximum absolute atomic E-state index is 14.4. The Morgan fingerprint density at radius 1 is 1.06 bits per heavy atom. The van der Waals surface area contributed by atoms with Crippen molar-refractivity contribution in [3.63, 3.8) is 0 Å². The van der Waals surface area contributed by atoms with Gasteiger partial charge in [-0.15, -0.1) is 0 Å². The van der Waals surface area contributed by atoms with Gasteiger partial charge in [-0.25, -0.2) is 18.3 Å². The minimum Gasteiger partial charge on any atom is -0.454 e. The van der Waals surface area contributed by atoms with Crippen molar-refractivity contribution in [2.24, 2.45) is 5.41 Å². The molecule has 1 heterocycles. The van der Waals surface area contributed by atoms with Gasteiger partial charge in [0.25, 0.3) is 11.8 Å². The number of carbonyl (C=O) groups excluding carboxylic acids is 2. The second kappa shape index (κ2) is 9.56. The van der Waals surface area contributed by atoms with Gasteiger partial charge in [0.2, 0.25) is 0 Å². The molecule has 4 N–H and O–H groups in total. The van der Waals surface area contributed by atoms with Crippen LogP contribution < -0.4 is 20.9 Å². The van der Waals surface area contributed by atoms with E-state index in [-0.39, 0.29) is 40.2 Å². The summed E-state index contributed by atoms with van der Waals surface area (Å²) < 4.78 is 45.6. The number of halogens is 1. The van der Waals surface area contributed by atoms with Crippen LogP contribution in [-0.4, -0.2) is 50.3 Å². The van der Waals surface area contributed by atoms with E-state index in [0.29, 0.717) is 6.42 Å². The number of carbonyl (C=O) groups is 2. The monoisotopic (exact) mass is 505 g/mol. The van der Waals surface area contributed by atoms with Crippen LogP contribution in [0.3, 0.4) is 0 Å². The SMILES string of the molecule is CNC(=O)c1ccc(Oc2ccc(S(=O)(=O)C3(C(=O)NO)CCC4(CCNCC4)C3)cc2)c(F)c1. The van der Waals surface area contributed by atoms with Gasteiger partial charge in [0.05, 0.1) is 4.90 Å². The summed E-state index contributed by atoms with van der Waals surface area (Å²) in [5, 5.41) is 15.1. The fourth-order valence-electron chi connectivity index (χ4n) is 5.19. The van der Waals surface area contributed by atoms with E-state index >= 15 is 0 Å². The highest BCUT2D eigenvalue weighted by molar-refractivity contribution is 7.93. The fourth-order valence-corrected chi connectivity index (χ4v) is 7.29. The molecule has 1 spiro atoms. The summed E-state index contributed by atoms with van der Waals surface area (Å²) in [5.41, 5.74) is 1.45. The van der Waals surface area contributed by atoms with Crippen molar-refractivity contribution < 1.29 is 32.3 Å². The molecular formula is C24H28FN3O6S. The largest absolute Gasteiger partial charge is 0.454 e. The summed E-state index contributed by atoms with van der Waals surface area (Å²) in [6.07, 6.45) is 2.36. The number of sulfone groups is 1. The minimum atomic E-state index is -4.17. The normalized spacial score (nSPS) is 21.5. The minimum absolute atomic E-state index is 0.0881. The number of ether oxygens (including phenoxy) is 1. The first-order valence-electron chi connectivity index (χ1n) is 11.4. The van der Waals surface area contributed by atoms with E-state index in [0.717, 1.165) is 32.0 Å². The summed E-state index contributed by atoms with van der Waals surface area (Å²) in [7, 11) is -2.73. The van der Waals surface area contributed by atoms with Gasteiger partial charge in [-0.1, -0.05) is 0 Å². The molecule has 1 atom stereocenters. The molecule has 2 aromatic rings. The maximum atomic E-state index is 14.4. The number of benzene rings is 2. The molecule has 4 rings (SSSR count). The molecule has 0 aromatic heterocycles. The molecule has 1 saturated carbocycles. The van der Waals surface area contributed by atoms with Crippen molar-refractivity contribution in [2.75, 3.05) is 20.1 Å². The molecule has 1 unspecified atom stereocenters. The first-order valence-corrected chi connectivity index (χ1v) is 12.8.